The summed E-state index contributed by atoms with van der Waals surface area (Å²) in [5, 5.41) is 0. The number of rotatable bonds is 4. The van der Waals surface area contributed by atoms with E-state index in [9.17, 15) is 12.8 Å². The van der Waals surface area contributed by atoms with Crippen LogP contribution in [0.5, 0.6) is 11.5 Å². The minimum absolute atomic E-state index is 0.106. The van der Waals surface area contributed by atoms with E-state index in [2.05, 4.69) is 4.72 Å². The fourth-order valence-electron chi connectivity index (χ4n) is 1.46. The van der Waals surface area contributed by atoms with Gasteiger partial charge in [0.25, 0.3) is 0 Å². The molecule has 0 fully saturated rings. The Hall–Kier alpha value is -1.92. The van der Waals surface area contributed by atoms with Gasteiger partial charge in [-0.3, -0.25) is 0 Å². The maximum absolute atomic E-state index is 12.7. The first kappa shape index (κ1) is 13.5. The van der Waals surface area contributed by atoms with E-state index < -0.39 is 10.0 Å². The zero-order valence-corrected chi connectivity index (χ0v) is 10.9. The lowest BCUT2D eigenvalue weighted by Gasteiger charge is -2.07. The highest BCUT2D eigenvalue weighted by molar-refractivity contribution is 7.89. The quantitative estimate of drug-likeness (QED) is 0.937. The summed E-state index contributed by atoms with van der Waals surface area (Å²) in [7, 11) is -2.17. The van der Waals surface area contributed by atoms with Crippen LogP contribution >= 0.6 is 0 Å². The Labute approximate surface area is 110 Å². The average molecular weight is 281 g/mol. The van der Waals surface area contributed by atoms with Crippen LogP contribution in [-0.4, -0.2) is 15.5 Å². The number of hydrogen-bond donors (Lipinski definition) is 1. The summed E-state index contributed by atoms with van der Waals surface area (Å²) in [5.41, 5.74) is 0. The summed E-state index contributed by atoms with van der Waals surface area (Å²) in [6.07, 6.45) is 0. The first-order valence-electron chi connectivity index (χ1n) is 5.48. The lowest BCUT2D eigenvalue weighted by molar-refractivity contribution is 0.478. The highest BCUT2D eigenvalue weighted by Crippen LogP contribution is 2.23. The highest BCUT2D eigenvalue weighted by atomic mass is 32.2. The molecule has 6 heteroatoms. The second kappa shape index (κ2) is 5.38. The summed E-state index contributed by atoms with van der Waals surface area (Å²) >= 11 is 0. The molecule has 0 atom stereocenters. The predicted molar refractivity (Wildman–Crippen MR) is 69.2 cm³/mol. The minimum atomic E-state index is -3.51. The van der Waals surface area contributed by atoms with Crippen LogP contribution in [0.25, 0.3) is 0 Å². The van der Waals surface area contributed by atoms with Gasteiger partial charge in [0.15, 0.2) is 0 Å². The molecule has 100 valence electrons. The lowest BCUT2D eigenvalue weighted by atomic mass is 10.3. The molecule has 19 heavy (non-hydrogen) atoms. The third-order valence-electron chi connectivity index (χ3n) is 2.43. The van der Waals surface area contributed by atoms with Crippen molar-refractivity contribution in [3.8, 4) is 11.5 Å². The number of benzene rings is 2. The minimum Gasteiger partial charge on any atom is -0.457 e. The van der Waals surface area contributed by atoms with Crippen molar-refractivity contribution in [3.05, 3.63) is 54.3 Å². The van der Waals surface area contributed by atoms with Crippen LogP contribution in [0.1, 0.15) is 0 Å². The molecule has 0 spiro atoms. The molecule has 0 aliphatic heterocycles. The van der Waals surface area contributed by atoms with Gasteiger partial charge in [-0.1, -0.05) is 6.07 Å². The third-order valence-corrected chi connectivity index (χ3v) is 3.85. The molecule has 2 rings (SSSR count). The van der Waals surface area contributed by atoms with Crippen LogP contribution in [0, 0.1) is 5.82 Å². The molecule has 1 N–H and O–H groups in total. The maximum Gasteiger partial charge on any atom is 0.240 e. The van der Waals surface area contributed by atoms with Crippen LogP contribution in [0.2, 0.25) is 0 Å². The molecule has 0 heterocycles. The van der Waals surface area contributed by atoms with Crippen LogP contribution in [0.3, 0.4) is 0 Å². The van der Waals surface area contributed by atoms with Gasteiger partial charge in [0.1, 0.15) is 17.3 Å². The van der Waals surface area contributed by atoms with E-state index in [1.807, 2.05) is 0 Å². The second-order valence-corrected chi connectivity index (χ2v) is 5.62. The predicted octanol–water partition coefficient (Wildman–Crippen LogP) is 2.53. The number of halogens is 1. The van der Waals surface area contributed by atoms with Crippen molar-refractivity contribution in [1.82, 2.24) is 4.72 Å². The van der Waals surface area contributed by atoms with Crippen molar-refractivity contribution in [1.29, 1.82) is 0 Å². The topological polar surface area (TPSA) is 55.4 Å². The zero-order valence-electron chi connectivity index (χ0n) is 10.1. The second-order valence-electron chi connectivity index (χ2n) is 3.74. The highest BCUT2D eigenvalue weighted by Gasteiger charge is 2.11. The van der Waals surface area contributed by atoms with Gasteiger partial charge < -0.3 is 4.74 Å². The van der Waals surface area contributed by atoms with Gasteiger partial charge in [-0.2, -0.15) is 0 Å². The SMILES string of the molecule is CNS(=O)(=O)c1cccc(Oc2ccc(F)cc2)c1. The normalized spacial score (nSPS) is 11.3. The van der Waals surface area contributed by atoms with E-state index in [0.29, 0.717) is 11.5 Å². The van der Waals surface area contributed by atoms with Crippen molar-refractivity contribution in [3.63, 3.8) is 0 Å². The van der Waals surface area contributed by atoms with Crippen LogP contribution in [0.15, 0.2) is 53.4 Å². The van der Waals surface area contributed by atoms with Crippen LogP contribution in [-0.2, 0) is 10.0 Å². The van der Waals surface area contributed by atoms with E-state index in [1.165, 1.54) is 43.4 Å². The van der Waals surface area contributed by atoms with E-state index in [0.717, 1.165) is 0 Å². The van der Waals surface area contributed by atoms with Crippen molar-refractivity contribution in [2.24, 2.45) is 0 Å². The van der Waals surface area contributed by atoms with Crippen molar-refractivity contribution in [2.45, 2.75) is 4.90 Å². The van der Waals surface area contributed by atoms with Crippen molar-refractivity contribution >= 4 is 10.0 Å². The number of hydrogen-bond acceptors (Lipinski definition) is 3. The molecule has 0 amide bonds. The van der Waals surface area contributed by atoms with Gasteiger partial charge >= 0.3 is 0 Å². The van der Waals surface area contributed by atoms with E-state index in [4.69, 9.17) is 4.74 Å². The average Bonchev–Trinajstić information content (AvgIpc) is 2.42. The molecule has 0 aromatic heterocycles. The Morgan fingerprint density at radius 1 is 1.05 bits per heavy atom. The molecule has 0 bridgehead atoms. The summed E-state index contributed by atoms with van der Waals surface area (Å²) in [6.45, 7) is 0. The Balaban J connectivity index is 2.27. The largest absolute Gasteiger partial charge is 0.457 e. The smallest absolute Gasteiger partial charge is 0.240 e. The monoisotopic (exact) mass is 281 g/mol. The maximum atomic E-state index is 12.7. The number of sulfonamides is 1. The zero-order chi connectivity index (χ0) is 13.9. The van der Waals surface area contributed by atoms with Crippen molar-refractivity contribution < 1.29 is 17.5 Å². The van der Waals surface area contributed by atoms with E-state index >= 15 is 0 Å². The van der Waals surface area contributed by atoms with Crippen LogP contribution in [0.4, 0.5) is 4.39 Å². The molecule has 0 unspecified atom stereocenters. The molecule has 4 nitrogen and oxygen atoms in total. The summed E-state index contributed by atoms with van der Waals surface area (Å²) in [6, 6.07) is 11.5. The van der Waals surface area contributed by atoms with Gasteiger partial charge in [0, 0.05) is 6.07 Å². The Morgan fingerprint density at radius 3 is 2.37 bits per heavy atom. The number of nitrogens with one attached hydrogen (secondary N) is 1. The van der Waals surface area contributed by atoms with E-state index in [-0.39, 0.29) is 10.7 Å². The molecule has 0 radical (unpaired) electrons. The first-order valence-corrected chi connectivity index (χ1v) is 6.96. The van der Waals surface area contributed by atoms with Gasteiger partial charge in [-0.25, -0.2) is 17.5 Å². The first-order chi connectivity index (χ1) is 9.01. The molecular formula is C13H12FNO3S. The fourth-order valence-corrected chi connectivity index (χ4v) is 2.23. The Kier molecular flexibility index (Phi) is 3.82. The molecule has 2 aromatic carbocycles. The fraction of sp³-hybridized carbons (Fsp3) is 0.0769. The van der Waals surface area contributed by atoms with Crippen LogP contribution < -0.4 is 9.46 Å². The Morgan fingerprint density at radius 2 is 1.74 bits per heavy atom. The summed E-state index contributed by atoms with van der Waals surface area (Å²) in [5.74, 6) is 0.433. The summed E-state index contributed by atoms with van der Waals surface area (Å²) < 4.78 is 43.7. The molecule has 0 saturated carbocycles. The molecule has 0 saturated heterocycles. The van der Waals surface area contributed by atoms with Crippen molar-refractivity contribution in [2.75, 3.05) is 7.05 Å². The molecule has 0 aliphatic rings. The number of ether oxygens (including phenoxy) is 1. The van der Waals surface area contributed by atoms with Gasteiger partial charge in [-0.05, 0) is 43.4 Å². The Bertz CT molecular complexity index is 669. The molecule has 2 aromatic rings. The summed E-state index contributed by atoms with van der Waals surface area (Å²) in [4.78, 5) is 0.106. The molecule has 0 aliphatic carbocycles. The lowest BCUT2D eigenvalue weighted by Crippen LogP contribution is -2.18. The molecular weight excluding hydrogens is 269 g/mol. The van der Waals surface area contributed by atoms with Gasteiger partial charge in [-0.15, -0.1) is 0 Å². The third kappa shape index (κ3) is 3.30. The van der Waals surface area contributed by atoms with Gasteiger partial charge in [0.05, 0.1) is 4.90 Å². The van der Waals surface area contributed by atoms with E-state index in [1.54, 1.807) is 12.1 Å². The van der Waals surface area contributed by atoms with Gasteiger partial charge in [0.2, 0.25) is 10.0 Å². The standard InChI is InChI=1S/C13H12FNO3S/c1-15-19(16,17)13-4-2-3-12(9-13)18-11-7-5-10(14)6-8-11/h2-9,15H,1H3.